The summed E-state index contributed by atoms with van der Waals surface area (Å²) in [6.45, 7) is 6.44. The van der Waals surface area contributed by atoms with Crippen molar-refractivity contribution in [2.45, 2.75) is 31.1 Å². The lowest BCUT2D eigenvalue weighted by molar-refractivity contribution is 0.0955. The van der Waals surface area contributed by atoms with E-state index >= 15 is 0 Å². The van der Waals surface area contributed by atoms with Crippen molar-refractivity contribution in [1.82, 2.24) is 5.43 Å². The molecule has 1 N–H and O–H groups in total. The summed E-state index contributed by atoms with van der Waals surface area (Å²) >= 11 is 1.69. The Kier molecular flexibility index (Phi) is 5.61. The summed E-state index contributed by atoms with van der Waals surface area (Å²) in [7, 11) is 0. The molecule has 0 unspecified atom stereocenters. The van der Waals surface area contributed by atoms with Crippen molar-refractivity contribution in [2.24, 2.45) is 5.10 Å². The number of thioether (sulfide) groups is 1. The maximum atomic E-state index is 12.1. The van der Waals surface area contributed by atoms with Gasteiger partial charge in [0.05, 0.1) is 6.21 Å². The molecule has 120 valence electrons. The van der Waals surface area contributed by atoms with Crippen LogP contribution in [0.2, 0.25) is 0 Å². The predicted molar refractivity (Wildman–Crippen MR) is 98.4 cm³/mol. The van der Waals surface area contributed by atoms with E-state index in [2.05, 4.69) is 31.3 Å². The molecule has 2 aromatic rings. The first kappa shape index (κ1) is 17.3. The Morgan fingerprint density at radius 3 is 2.17 bits per heavy atom. The molecular formula is C19H22N2OS. The zero-order chi connectivity index (χ0) is 16.9. The van der Waals surface area contributed by atoms with Crippen LogP contribution in [-0.2, 0) is 5.41 Å². The van der Waals surface area contributed by atoms with E-state index in [1.54, 1.807) is 18.0 Å². The molecule has 0 aliphatic carbocycles. The predicted octanol–water partition coefficient (Wildman–Crippen LogP) is 4.47. The standard InChI is InChI=1S/C19H22N2OS/c1-19(2,3)16-9-7-15(8-10-16)18(22)21-20-13-14-5-11-17(23-4)12-6-14/h5-13H,1-4H3,(H,21,22)/b20-13+. The van der Waals surface area contributed by atoms with Gasteiger partial charge in [-0.2, -0.15) is 5.10 Å². The van der Waals surface area contributed by atoms with Gasteiger partial charge in [-0.25, -0.2) is 5.43 Å². The maximum absolute atomic E-state index is 12.1. The molecule has 0 spiro atoms. The molecule has 0 saturated carbocycles. The third kappa shape index (κ3) is 4.96. The molecule has 0 fully saturated rings. The molecule has 0 bridgehead atoms. The van der Waals surface area contributed by atoms with Crippen LogP contribution >= 0.6 is 11.8 Å². The van der Waals surface area contributed by atoms with Crippen LogP contribution in [0.5, 0.6) is 0 Å². The van der Waals surface area contributed by atoms with Crippen molar-refractivity contribution < 1.29 is 4.79 Å². The Labute approximate surface area is 142 Å². The minimum atomic E-state index is -0.206. The van der Waals surface area contributed by atoms with Crippen LogP contribution in [0.4, 0.5) is 0 Å². The van der Waals surface area contributed by atoms with Crippen LogP contribution in [0.1, 0.15) is 42.3 Å². The van der Waals surface area contributed by atoms with Crippen LogP contribution in [0.15, 0.2) is 58.5 Å². The second kappa shape index (κ2) is 7.47. The lowest BCUT2D eigenvalue weighted by atomic mass is 9.87. The Hall–Kier alpha value is -2.07. The number of nitrogens with one attached hydrogen (secondary N) is 1. The third-order valence-corrected chi connectivity index (χ3v) is 4.25. The first-order chi connectivity index (χ1) is 10.9. The van der Waals surface area contributed by atoms with E-state index in [-0.39, 0.29) is 11.3 Å². The fourth-order valence-electron chi connectivity index (χ4n) is 2.04. The van der Waals surface area contributed by atoms with Crippen LogP contribution in [-0.4, -0.2) is 18.4 Å². The van der Waals surface area contributed by atoms with E-state index in [4.69, 9.17) is 0 Å². The number of carbonyl (C=O) groups is 1. The minimum Gasteiger partial charge on any atom is -0.267 e. The Morgan fingerprint density at radius 2 is 1.65 bits per heavy atom. The molecule has 0 aromatic heterocycles. The van der Waals surface area contributed by atoms with Gasteiger partial charge in [0.2, 0.25) is 0 Å². The number of hydrogen-bond acceptors (Lipinski definition) is 3. The molecule has 0 aliphatic rings. The number of carbonyl (C=O) groups excluding carboxylic acids is 1. The van der Waals surface area contributed by atoms with Crippen molar-refractivity contribution in [1.29, 1.82) is 0 Å². The van der Waals surface area contributed by atoms with E-state index in [1.165, 1.54) is 10.5 Å². The van der Waals surface area contributed by atoms with Crippen LogP contribution in [0.3, 0.4) is 0 Å². The second-order valence-electron chi connectivity index (χ2n) is 6.30. The highest BCUT2D eigenvalue weighted by Gasteiger charge is 2.14. The Balaban J connectivity index is 1.97. The zero-order valence-electron chi connectivity index (χ0n) is 14.0. The van der Waals surface area contributed by atoms with Gasteiger partial charge in [0.25, 0.3) is 5.91 Å². The van der Waals surface area contributed by atoms with Crippen LogP contribution in [0, 0.1) is 0 Å². The number of rotatable bonds is 4. The molecule has 1 amide bonds. The molecule has 23 heavy (non-hydrogen) atoms. The average molecular weight is 326 g/mol. The molecule has 0 aliphatic heterocycles. The summed E-state index contributed by atoms with van der Waals surface area (Å²) in [6, 6.07) is 15.6. The molecule has 4 heteroatoms. The highest BCUT2D eigenvalue weighted by atomic mass is 32.2. The van der Waals surface area contributed by atoms with Crippen molar-refractivity contribution in [3.05, 3.63) is 65.2 Å². The topological polar surface area (TPSA) is 41.5 Å². The highest BCUT2D eigenvalue weighted by molar-refractivity contribution is 7.98. The monoisotopic (exact) mass is 326 g/mol. The number of nitrogens with zero attached hydrogens (tertiary/aromatic N) is 1. The van der Waals surface area contributed by atoms with Gasteiger partial charge in [0, 0.05) is 10.5 Å². The van der Waals surface area contributed by atoms with Gasteiger partial charge >= 0.3 is 0 Å². The molecule has 3 nitrogen and oxygen atoms in total. The van der Waals surface area contributed by atoms with Gasteiger partial charge in [0.1, 0.15) is 0 Å². The summed E-state index contributed by atoms with van der Waals surface area (Å²) in [5.41, 5.74) is 5.39. The second-order valence-corrected chi connectivity index (χ2v) is 7.18. The van der Waals surface area contributed by atoms with Gasteiger partial charge in [-0.3, -0.25) is 4.79 Å². The summed E-state index contributed by atoms with van der Waals surface area (Å²) in [5, 5.41) is 4.01. The molecule has 0 radical (unpaired) electrons. The molecule has 0 atom stereocenters. The van der Waals surface area contributed by atoms with Crippen LogP contribution in [0.25, 0.3) is 0 Å². The van der Waals surface area contributed by atoms with Gasteiger partial charge in [-0.1, -0.05) is 45.0 Å². The average Bonchev–Trinajstić information content (AvgIpc) is 2.54. The number of hydrazone groups is 1. The quantitative estimate of drug-likeness (QED) is 0.512. The summed E-state index contributed by atoms with van der Waals surface area (Å²) < 4.78 is 0. The minimum absolute atomic E-state index is 0.0795. The molecule has 2 rings (SSSR count). The number of benzene rings is 2. The lowest BCUT2D eigenvalue weighted by Gasteiger charge is -2.18. The molecule has 0 heterocycles. The summed E-state index contributed by atoms with van der Waals surface area (Å²) in [6.07, 6.45) is 3.68. The van der Waals surface area contributed by atoms with E-state index in [0.29, 0.717) is 5.56 Å². The SMILES string of the molecule is CSc1ccc(/C=N/NC(=O)c2ccc(C(C)(C)C)cc2)cc1. The number of hydrogen-bond donors (Lipinski definition) is 1. The normalized spacial score (nSPS) is 11.7. The largest absolute Gasteiger partial charge is 0.271 e. The van der Waals surface area contributed by atoms with Crippen molar-refractivity contribution >= 4 is 23.9 Å². The maximum Gasteiger partial charge on any atom is 0.271 e. The zero-order valence-corrected chi connectivity index (χ0v) is 14.8. The van der Waals surface area contributed by atoms with Gasteiger partial charge < -0.3 is 0 Å². The van der Waals surface area contributed by atoms with Crippen molar-refractivity contribution in [3.63, 3.8) is 0 Å². The van der Waals surface area contributed by atoms with E-state index in [9.17, 15) is 4.79 Å². The summed E-state index contributed by atoms with van der Waals surface area (Å²) in [5.74, 6) is -0.206. The summed E-state index contributed by atoms with van der Waals surface area (Å²) in [4.78, 5) is 13.3. The highest BCUT2D eigenvalue weighted by Crippen LogP contribution is 2.22. The van der Waals surface area contributed by atoms with Crippen molar-refractivity contribution in [2.75, 3.05) is 6.26 Å². The van der Waals surface area contributed by atoms with E-state index < -0.39 is 0 Å². The van der Waals surface area contributed by atoms with Crippen molar-refractivity contribution in [3.8, 4) is 0 Å². The third-order valence-electron chi connectivity index (χ3n) is 3.51. The Morgan fingerprint density at radius 1 is 1.04 bits per heavy atom. The fourth-order valence-corrected chi connectivity index (χ4v) is 2.45. The molecular weight excluding hydrogens is 304 g/mol. The van der Waals surface area contributed by atoms with E-state index in [0.717, 1.165) is 5.56 Å². The van der Waals surface area contributed by atoms with Gasteiger partial charge in [-0.05, 0) is 47.1 Å². The Bertz CT molecular complexity index is 683. The molecule has 2 aromatic carbocycles. The van der Waals surface area contributed by atoms with Gasteiger partial charge in [0.15, 0.2) is 0 Å². The smallest absolute Gasteiger partial charge is 0.267 e. The fraction of sp³-hybridized carbons (Fsp3) is 0.263. The van der Waals surface area contributed by atoms with E-state index in [1.807, 2.05) is 54.8 Å². The van der Waals surface area contributed by atoms with Gasteiger partial charge in [-0.15, -0.1) is 11.8 Å². The molecule has 0 saturated heterocycles. The number of amides is 1. The first-order valence-corrected chi connectivity index (χ1v) is 8.70. The van der Waals surface area contributed by atoms with Crippen LogP contribution < -0.4 is 5.43 Å². The lowest BCUT2D eigenvalue weighted by Crippen LogP contribution is -2.18. The first-order valence-electron chi connectivity index (χ1n) is 7.48.